The average molecular weight is 341 g/mol. The van der Waals surface area contributed by atoms with Crippen LogP contribution in [0, 0.1) is 5.92 Å². The monoisotopic (exact) mass is 341 g/mol. The van der Waals surface area contributed by atoms with Crippen LogP contribution in [0.3, 0.4) is 0 Å². The third kappa shape index (κ3) is 3.77. The number of nitrogens with one attached hydrogen (secondary N) is 2. The van der Waals surface area contributed by atoms with Crippen molar-refractivity contribution >= 4 is 11.8 Å². The van der Waals surface area contributed by atoms with Crippen LogP contribution < -0.4 is 10.6 Å². The van der Waals surface area contributed by atoms with Gasteiger partial charge in [-0.05, 0) is 61.4 Å². The van der Waals surface area contributed by atoms with Crippen LogP contribution in [0.1, 0.15) is 48.3 Å². The topological polar surface area (TPSA) is 61.4 Å². The molecule has 5 heteroatoms. The van der Waals surface area contributed by atoms with E-state index in [2.05, 4.69) is 33.7 Å². The Bertz CT molecular complexity index is 667. The molecule has 3 aliphatic heterocycles. The highest BCUT2D eigenvalue weighted by atomic mass is 16.2. The maximum absolute atomic E-state index is 12.2. The molecule has 2 fully saturated rings. The minimum Gasteiger partial charge on any atom is -0.317 e. The molecule has 1 aromatic carbocycles. The Balaban J connectivity index is 1.45. The van der Waals surface area contributed by atoms with Gasteiger partial charge in [0.15, 0.2) is 0 Å². The van der Waals surface area contributed by atoms with Gasteiger partial charge in [0.1, 0.15) is 0 Å². The minimum atomic E-state index is -0.178. The van der Waals surface area contributed by atoms with Gasteiger partial charge in [-0.2, -0.15) is 0 Å². The highest BCUT2D eigenvalue weighted by Crippen LogP contribution is 2.29. The van der Waals surface area contributed by atoms with Crippen LogP contribution in [0.25, 0.3) is 0 Å². The van der Waals surface area contributed by atoms with E-state index in [-0.39, 0.29) is 17.7 Å². The zero-order valence-electron chi connectivity index (χ0n) is 14.7. The molecule has 0 unspecified atom stereocenters. The van der Waals surface area contributed by atoms with Crippen molar-refractivity contribution in [3.8, 4) is 0 Å². The number of hydrogen-bond donors (Lipinski definition) is 2. The molecule has 4 rings (SSSR count). The maximum Gasteiger partial charge on any atom is 0.234 e. The summed E-state index contributed by atoms with van der Waals surface area (Å²) in [7, 11) is 0. The summed E-state index contributed by atoms with van der Waals surface area (Å²) in [6, 6.07) is 6.49. The molecular weight excluding hydrogens is 314 g/mol. The van der Waals surface area contributed by atoms with Crippen LogP contribution in [0.4, 0.5) is 0 Å². The van der Waals surface area contributed by atoms with E-state index in [4.69, 9.17) is 0 Å². The number of imide groups is 1. The lowest BCUT2D eigenvalue weighted by molar-refractivity contribution is -0.134. The van der Waals surface area contributed by atoms with Gasteiger partial charge in [-0.1, -0.05) is 18.2 Å². The third-order valence-electron chi connectivity index (χ3n) is 5.94. The van der Waals surface area contributed by atoms with Crippen molar-refractivity contribution in [1.29, 1.82) is 0 Å². The van der Waals surface area contributed by atoms with Gasteiger partial charge in [0.05, 0.1) is 5.92 Å². The van der Waals surface area contributed by atoms with Gasteiger partial charge in [-0.25, -0.2) is 0 Å². The average Bonchev–Trinajstić information content (AvgIpc) is 2.62. The fourth-order valence-electron chi connectivity index (χ4n) is 4.45. The minimum absolute atomic E-state index is 0.140. The molecule has 3 aliphatic rings. The smallest absolute Gasteiger partial charge is 0.234 e. The number of piperidine rings is 2. The van der Waals surface area contributed by atoms with E-state index in [0.29, 0.717) is 12.8 Å². The number of carbonyl (C=O) groups excluding carboxylic acids is 2. The van der Waals surface area contributed by atoms with Crippen molar-refractivity contribution in [3.05, 3.63) is 34.9 Å². The molecule has 1 atom stereocenters. The maximum atomic E-state index is 12.2. The fraction of sp³-hybridized carbons (Fsp3) is 0.600. The molecular formula is C20H27N3O2. The van der Waals surface area contributed by atoms with E-state index in [0.717, 1.165) is 44.1 Å². The Morgan fingerprint density at radius 2 is 1.88 bits per heavy atom. The molecule has 134 valence electrons. The van der Waals surface area contributed by atoms with E-state index in [1.807, 2.05) is 0 Å². The fourth-order valence-corrected chi connectivity index (χ4v) is 4.45. The summed E-state index contributed by atoms with van der Waals surface area (Å²) >= 11 is 0. The number of amides is 2. The standard InChI is InChI=1S/C20H27N3O2/c24-19-4-3-18(20(25)22-19)16-2-1-15-7-10-23(13-17(15)11-16)12-14-5-8-21-9-6-14/h1-2,11,14,18,21H,3-10,12-13H2,(H,22,24,25)/t18-/m1/s1. The van der Waals surface area contributed by atoms with Crippen LogP contribution in [0.2, 0.25) is 0 Å². The molecule has 5 nitrogen and oxygen atoms in total. The van der Waals surface area contributed by atoms with Crippen molar-refractivity contribution < 1.29 is 9.59 Å². The summed E-state index contributed by atoms with van der Waals surface area (Å²) in [5, 5.41) is 5.91. The first-order chi connectivity index (χ1) is 12.2. The van der Waals surface area contributed by atoms with Crippen molar-refractivity contribution in [3.63, 3.8) is 0 Å². The van der Waals surface area contributed by atoms with E-state index < -0.39 is 0 Å². The van der Waals surface area contributed by atoms with Crippen LogP contribution in [-0.2, 0) is 22.6 Å². The first-order valence-electron chi connectivity index (χ1n) is 9.57. The Hall–Kier alpha value is -1.72. The predicted molar refractivity (Wildman–Crippen MR) is 96.1 cm³/mol. The summed E-state index contributed by atoms with van der Waals surface area (Å²) in [5.74, 6) is 0.342. The summed E-state index contributed by atoms with van der Waals surface area (Å²) in [5.41, 5.74) is 3.84. The molecule has 0 saturated carbocycles. The van der Waals surface area contributed by atoms with E-state index in [1.165, 1.54) is 30.5 Å². The van der Waals surface area contributed by atoms with Crippen molar-refractivity contribution in [1.82, 2.24) is 15.5 Å². The van der Waals surface area contributed by atoms with E-state index in [9.17, 15) is 9.59 Å². The number of carbonyl (C=O) groups is 2. The SMILES string of the molecule is O=C1CC[C@H](c2ccc3c(c2)CN(CC2CCNCC2)CC3)C(=O)N1. The van der Waals surface area contributed by atoms with E-state index in [1.54, 1.807) is 0 Å². The van der Waals surface area contributed by atoms with Gasteiger partial charge in [0.2, 0.25) is 11.8 Å². The van der Waals surface area contributed by atoms with Gasteiger partial charge >= 0.3 is 0 Å². The van der Waals surface area contributed by atoms with Crippen LogP contribution in [-0.4, -0.2) is 42.9 Å². The number of hydrogen-bond acceptors (Lipinski definition) is 4. The van der Waals surface area contributed by atoms with Gasteiger partial charge in [-0.3, -0.25) is 19.8 Å². The Kier molecular flexibility index (Phi) is 4.86. The predicted octanol–water partition coefficient (Wildman–Crippen LogP) is 1.56. The Labute approximate surface area is 149 Å². The summed E-state index contributed by atoms with van der Waals surface area (Å²) in [6.45, 7) is 5.60. The van der Waals surface area contributed by atoms with Crippen molar-refractivity contribution in [2.75, 3.05) is 26.2 Å². The summed E-state index contributed by atoms with van der Waals surface area (Å²) in [4.78, 5) is 26.1. The molecule has 25 heavy (non-hydrogen) atoms. The van der Waals surface area contributed by atoms with Crippen LogP contribution in [0.5, 0.6) is 0 Å². The van der Waals surface area contributed by atoms with Gasteiger partial charge in [0, 0.05) is 26.1 Å². The Morgan fingerprint density at radius 1 is 1.04 bits per heavy atom. The molecule has 0 spiro atoms. The van der Waals surface area contributed by atoms with Crippen LogP contribution >= 0.6 is 0 Å². The second-order valence-electron chi connectivity index (χ2n) is 7.71. The lowest BCUT2D eigenvalue weighted by atomic mass is 9.87. The Morgan fingerprint density at radius 3 is 2.68 bits per heavy atom. The second-order valence-corrected chi connectivity index (χ2v) is 7.71. The zero-order chi connectivity index (χ0) is 17.2. The van der Waals surface area contributed by atoms with Crippen LogP contribution in [0.15, 0.2) is 18.2 Å². The summed E-state index contributed by atoms with van der Waals surface area (Å²) < 4.78 is 0. The highest BCUT2D eigenvalue weighted by molar-refractivity contribution is 6.00. The molecule has 0 aliphatic carbocycles. The molecule has 2 N–H and O–H groups in total. The first kappa shape index (κ1) is 16.7. The van der Waals surface area contributed by atoms with Gasteiger partial charge in [0.25, 0.3) is 0 Å². The molecule has 0 aromatic heterocycles. The van der Waals surface area contributed by atoms with Crippen molar-refractivity contribution in [2.45, 2.75) is 44.6 Å². The number of rotatable bonds is 3. The molecule has 0 bridgehead atoms. The quantitative estimate of drug-likeness (QED) is 0.819. The molecule has 0 radical (unpaired) electrons. The lowest BCUT2D eigenvalue weighted by Crippen LogP contribution is -2.40. The molecule has 2 saturated heterocycles. The first-order valence-corrected chi connectivity index (χ1v) is 9.57. The number of benzene rings is 1. The second kappa shape index (κ2) is 7.26. The largest absolute Gasteiger partial charge is 0.317 e. The van der Waals surface area contributed by atoms with Gasteiger partial charge < -0.3 is 5.32 Å². The zero-order valence-corrected chi connectivity index (χ0v) is 14.7. The number of nitrogens with zero attached hydrogens (tertiary/aromatic N) is 1. The molecule has 3 heterocycles. The lowest BCUT2D eigenvalue weighted by Gasteiger charge is -2.34. The summed E-state index contributed by atoms with van der Waals surface area (Å²) in [6.07, 6.45) is 4.72. The highest BCUT2D eigenvalue weighted by Gasteiger charge is 2.29. The van der Waals surface area contributed by atoms with E-state index >= 15 is 0 Å². The normalized spacial score (nSPS) is 25.5. The van der Waals surface area contributed by atoms with Crippen molar-refractivity contribution in [2.24, 2.45) is 5.92 Å². The third-order valence-corrected chi connectivity index (χ3v) is 5.94. The molecule has 1 aromatic rings. The van der Waals surface area contributed by atoms with Gasteiger partial charge in [-0.15, -0.1) is 0 Å². The number of fused-ring (bicyclic) bond motifs is 1. The molecule has 2 amide bonds.